The van der Waals surface area contributed by atoms with Crippen LogP contribution in [0.25, 0.3) is 0 Å². The molecule has 4 aliphatic rings. The predicted octanol–water partition coefficient (Wildman–Crippen LogP) is 2.59. The van der Waals surface area contributed by atoms with Crippen molar-refractivity contribution in [3.8, 4) is 0 Å². The van der Waals surface area contributed by atoms with E-state index in [2.05, 4.69) is 31.0 Å². The first-order chi connectivity index (χ1) is 28.8. The van der Waals surface area contributed by atoms with Gasteiger partial charge in [0.05, 0.1) is 63.1 Å². The predicted molar refractivity (Wildman–Crippen MR) is 214 cm³/mol. The lowest BCUT2D eigenvalue weighted by Gasteiger charge is -2.33. The average Bonchev–Trinajstić information content (AvgIpc) is 3.85. The van der Waals surface area contributed by atoms with Crippen LogP contribution in [-0.2, 0) is 28.6 Å². The van der Waals surface area contributed by atoms with Crippen molar-refractivity contribution in [3.63, 3.8) is 0 Å². The number of ketones is 2. The summed E-state index contributed by atoms with van der Waals surface area (Å²) in [5, 5.41) is 14.2. The number of benzene rings is 2. The number of carbonyl (C=O) groups is 6. The highest BCUT2D eigenvalue weighted by Gasteiger charge is 2.48. The summed E-state index contributed by atoms with van der Waals surface area (Å²) in [4.78, 5) is 87.4. The fourth-order valence-electron chi connectivity index (χ4n) is 7.85. The number of hydrogen-bond acceptors (Lipinski definition) is 14. The molecule has 17 heteroatoms. The number of ether oxygens (including phenoxy) is 3. The standard InChI is InChI=1S/C42H48N8O9/c51-34-10-9-30(39(54)48-34)36-37(52)29-7-4-8-31(35(29)38(36)53)43-17-21-57-23-25-59-26-24-58-22-18-44-40(55)32-11-15-45-42(47-32)49-19-13-28(14-20-49)41(56)50-33(12-16-46-50)27-5-2-1-3-6-27/h1-8,11,15-16,28,30,33,36,43H,9-10,12-14,17-26H2,(H,44,55)(H,48,51,54). The van der Waals surface area contributed by atoms with E-state index in [0.29, 0.717) is 83.6 Å². The van der Waals surface area contributed by atoms with E-state index >= 15 is 0 Å². The van der Waals surface area contributed by atoms with Crippen molar-refractivity contribution in [2.45, 2.75) is 38.1 Å². The van der Waals surface area contributed by atoms with Gasteiger partial charge in [-0.25, -0.2) is 15.0 Å². The van der Waals surface area contributed by atoms with Gasteiger partial charge in [0.1, 0.15) is 5.69 Å². The van der Waals surface area contributed by atoms with Crippen molar-refractivity contribution >= 4 is 53.0 Å². The summed E-state index contributed by atoms with van der Waals surface area (Å²) in [5.41, 5.74) is 2.36. The average molecular weight is 809 g/mol. The smallest absolute Gasteiger partial charge is 0.270 e. The number of piperidine rings is 2. The summed E-state index contributed by atoms with van der Waals surface area (Å²) in [6, 6.07) is 16.4. The molecule has 3 unspecified atom stereocenters. The van der Waals surface area contributed by atoms with Crippen LogP contribution in [0, 0.1) is 17.8 Å². The topological polar surface area (TPSA) is 211 Å². The second-order valence-electron chi connectivity index (χ2n) is 14.7. The van der Waals surface area contributed by atoms with Crippen LogP contribution in [-0.4, -0.2) is 122 Å². The third kappa shape index (κ3) is 9.87. The first-order valence-electron chi connectivity index (χ1n) is 20.1. The van der Waals surface area contributed by atoms with E-state index in [0.717, 1.165) is 5.56 Å². The van der Waals surface area contributed by atoms with Gasteiger partial charge >= 0.3 is 0 Å². The van der Waals surface area contributed by atoms with Crippen LogP contribution in [0.1, 0.15) is 74.9 Å². The second kappa shape index (κ2) is 19.7. The molecule has 0 saturated carbocycles. The van der Waals surface area contributed by atoms with Crippen molar-refractivity contribution in [3.05, 3.63) is 83.2 Å². The quantitative estimate of drug-likeness (QED) is 0.0960. The lowest BCUT2D eigenvalue weighted by atomic mass is 9.82. The second-order valence-corrected chi connectivity index (χ2v) is 14.7. The minimum atomic E-state index is -1.12. The van der Waals surface area contributed by atoms with Crippen molar-refractivity contribution in [2.24, 2.45) is 22.9 Å². The first-order valence-corrected chi connectivity index (χ1v) is 20.1. The summed E-state index contributed by atoms with van der Waals surface area (Å²) in [6.45, 7) is 3.79. The van der Waals surface area contributed by atoms with Gasteiger partial charge in [-0.05, 0) is 37.0 Å². The molecule has 310 valence electrons. The normalized spacial score (nSPS) is 20.5. The van der Waals surface area contributed by atoms with E-state index in [1.54, 1.807) is 41.7 Å². The number of hydrazone groups is 1. The number of amides is 4. The van der Waals surface area contributed by atoms with Gasteiger partial charge in [0, 0.05) is 68.6 Å². The molecule has 17 nitrogen and oxygen atoms in total. The Morgan fingerprint density at radius 2 is 1.54 bits per heavy atom. The number of rotatable bonds is 18. The highest BCUT2D eigenvalue weighted by molar-refractivity contribution is 6.30. The number of nitrogens with zero attached hydrogens (tertiary/aromatic N) is 5. The lowest BCUT2D eigenvalue weighted by Crippen LogP contribution is -2.46. The number of hydrogen-bond donors (Lipinski definition) is 3. The molecule has 3 aliphatic heterocycles. The molecular formula is C42H48N8O9. The molecular weight excluding hydrogens is 761 g/mol. The minimum absolute atomic E-state index is 0.0318. The summed E-state index contributed by atoms with van der Waals surface area (Å²) in [5.74, 6) is -3.77. The van der Waals surface area contributed by atoms with Crippen LogP contribution in [0.4, 0.5) is 11.6 Å². The Morgan fingerprint density at radius 1 is 0.814 bits per heavy atom. The number of carbonyl (C=O) groups excluding carboxylic acids is 6. The maximum absolute atomic E-state index is 13.4. The molecule has 4 amide bonds. The third-order valence-corrected chi connectivity index (χ3v) is 10.9. The van der Waals surface area contributed by atoms with Gasteiger partial charge in [-0.1, -0.05) is 42.5 Å². The van der Waals surface area contributed by atoms with Gasteiger partial charge in [0.2, 0.25) is 23.7 Å². The van der Waals surface area contributed by atoms with Crippen molar-refractivity contribution in [1.29, 1.82) is 0 Å². The molecule has 0 bridgehead atoms. The molecule has 3 N–H and O–H groups in total. The molecule has 2 fully saturated rings. The lowest BCUT2D eigenvalue weighted by molar-refractivity contribution is -0.138. The van der Waals surface area contributed by atoms with Crippen molar-refractivity contribution in [2.75, 3.05) is 76.0 Å². The Labute approximate surface area is 341 Å². The monoisotopic (exact) mass is 808 g/mol. The fourth-order valence-corrected chi connectivity index (χ4v) is 7.85. The maximum atomic E-state index is 13.4. The van der Waals surface area contributed by atoms with Gasteiger partial charge in [-0.3, -0.25) is 34.1 Å². The molecule has 1 aliphatic carbocycles. The summed E-state index contributed by atoms with van der Waals surface area (Å²) in [7, 11) is 0. The molecule has 0 spiro atoms. The number of nitrogens with one attached hydrogen (secondary N) is 3. The van der Waals surface area contributed by atoms with E-state index in [9.17, 15) is 28.8 Å². The molecule has 3 atom stereocenters. The van der Waals surface area contributed by atoms with Crippen LogP contribution in [0.3, 0.4) is 0 Å². The molecule has 59 heavy (non-hydrogen) atoms. The number of Topliss-reactive ketones (excluding diaryl/α,β-unsaturated/α-hetero) is 2. The van der Waals surface area contributed by atoms with Gasteiger partial charge in [-0.15, -0.1) is 0 Å². The number of fused-ring (bicyclic) bond motifs is 1. The Kier molecular flexibility index (Phi) is 13.8. The van der Waals surface area contributed by atoms with Gasteiger partial charge in [0.15, 0.2) is 11.6 Å². The zero-order valence-corrected chi connectivity index (χ0v) is 32.7. The number of anilines is 2. The summed E-state index contributed by atoms with van der Waals surface area (Å²) >= 11 is 0. The van der Waals surface area contributed by atoms with Gasteiger partial charge in [0.25, 0.3) is 5.91 Å². The molecule has 1 aromatic heterocycles. The fraction of sp³-hybridized carbons (Fsp3) is 0.452. The Morgan fingerprint density at radius 3 is 2.29 bits per heavy atom. The van der Waals surface area contributed by atoms with E-state index in [-0.39, 0.29) is 66.6 Å². The third-order valence-electron chi connectivity index (χ3n) is 10.9. The molecule has 7 rings (SSSR count). The molecule has 0 radical (unpaired) electrons. The zero-order valence-electron chi connectivity index (χ0n) is 32.7. The van der Waals surface area contributed by atoms with E-state index in [1.165, 1.54) is 0 Å². The summed E-state index contributed by atoms with van der Waals surface area (Å²) < 4.78 is 16.8. The number of aromatic nitrogens is 2. The first kappa shape index (κ1) is 41.3. The Hall–Kier alpha value is -5.91. The molecule has 3 aromatic rings. The van der Waals surface area contributed by atoms with E-state index in [1.807, 2.05) is 35.2 Å². The van der Waals surface area contributed by atoms with Crippen LogP contribution in [0.2, 0.25) is 0 Å². The number of imide groups is 1. The maximum Gasteiger partial charge on any atom is 0.270 e. The summed E-state index contributed by atoms with van der Waals surface area (Å²) in [6.07, 6.45) is 5.61. The van der Waals surface area contributed by atoms with Crippen LogP contribution >= 0.6 is 0 Å². The van der Waals surface area contributed by atoms with Crippen LogP contribution in [0.15, 0.2) is 65.9 Å². The minimum Gasteiger partial charge on any atom is -0.382 e. The van der Waals surface area contributed by atoms with Crippen molar-refractivity contribution < 1.29 is 43.0 Å². The Balaban J connectivity index is 0.728. The molecule has 2 aromatic carbocycles. The SMILES string of the molecule is O=C1CCC(C2C(=O)c3cccc(NCCOCCOCCOCCNC(=O)c4ccnc(N5CCC(C(=O)N6N=CCC6c6ccccc6)CC5)n4)c3C2=O)C(=O)N1. The molecule has 2 saturated heterocycles. The van der Waals surface area contributed by atoms with Crippen LogP contribution < -0.4 is 20.9 Å². The highest BCUT2D eigenvalue weighted by Crippen LogP contribution is 2.38. The van der Waals surface area contributed by atoms with E-state index < -0.39 is 35.2 Å². The van der Waals surface area contributed by atoms with Gasteiger partial charge in [-0.2, -0.15) is 5.10 Å². The zero-order chi connectivity index (χ0) is 41.1. The van der Waals surface area contributed by atoms with Gasteiger partial charge < -0.3 is 29.7 Å². The largest absolute Gasteiger partial charge is 0.382 e. The van der Waals surface area contributed by atoms with Crippen molar-refractivity contribution in [1.82, 2.24) is 25.6 Å². The molecule has 4 heterocycles. The highest BCUT2D eigenvalue weighted by atomic mass is 16.5. The Bertz CT molecular complexity index is 2060. The van der Waals surface area contributed by atoms with E-state index in [4.69, 9.17) is 14.2 Å². The van der Waals surface area contributed by atoms with Crippen LogP contribution in [0.5, 0.6) is 0 Å².